The Labute approximate surface area is 226 Å². The topological polar surface area (TPSA) is 102 Å². The first-order valence-corrected chi connectivity index (χ1v) is 11.9. The second-order valence-corrected chi connectivity index (χ2v) is 9.58. The maximum atomic E-state index is 12.8. The number of hydrogen-bond acceptors (Lipinski definition) is 6. The molecule has 0 radical (unpaired) electrons. The van der Waals surface area contributed by atoms with Crippen LogP contribution in [-0.4, -0.2) is 36.9 Å². The van der Waals surface area contributed by atoms with Crippen molar-refractivity contribution in [1.82, 2.24) is 14.6 Å². The fourth-order valence-corrected chi connectivity index (χ4v) is 4.58. The van der Waals surface area contributed by atoms with E-state index in [2.05, 4.69) is 16.3 Å². The third-order valence-electron chi connectivity index (χ3n) is 4.89. The van der Waals surface area contributed by atoms with Crippen molar-refractivity contribution < 1.29 is 47.9 Å². The average molecular weight is 508 g/mol. The molecule has 0 aliphatic heterocycles. The molecule has 3 rings (SSSR count). The first kappa shape index (κ1) is 28.2. The predicted molar refractivity (Wildman–Crippen MR) is 125 cm³/mol. The van der Waals surface area contributed by atoms with E-state index in [0.717, 1.165) is 11.1 Å². The van der Waals surface area contributed by atoms with E-state index >= 15 is 0 Å². The normalized spacial score (nSPS) is 12.1. The van der Waals surface area contributed by atoms with E-state index in [9.17, 15) is 18.3 Å². The Hall–Kier alpha value is -2.04. The third-order valence-corrected chi connectivity index (χ3v) is 6.65. The summed E-state index contributed by atoms with van der Waals surface area (Å²) in [6.45, 7) is 5.08. The van der Waals surface area contributed by atoms with Crippen molar-refractivity contribution in [3.8, 4) is 0 Å². The van der Waals surface area contributed by atoms with Gasteiger partial charge in [-0.25, -0.2) is 13.1 Å². The standard InChI is InChI=1S/C24H24ClN3O4S.Na/c1-2-22(27-33(31,32)23-11-9-21(25)10-12-23)17-28(16-19-4-3-13-26-14-19)15-18-5-7-20(8-6-18)24(29)30;/h2-14,22,27H,1,15-17H2,(H,29,30);/q;+1/p-1. The van der Waals surface area contributed by atoms with Crippen molar-refractivity contribution in [2.75, 3.05) is 6.54 Å². The van der Waals surface area contributed by atoms with E-state index < -0.39 is 22.0 Å². The van der Waals surface area contributed by atoms with Gasteiger partial charge in [0.05, 0.1) is 16.9 Å². The molecule has 172 valence electrons. The summed E-state index contributed by atoms with van der Waals surface area (Å²) in [5.74, 6) is -1.24. The number of hydrogen-bond donors (Lipinski definition) is 1. The predicted octanol–water partition coefficient (Wildman–Crippen LogP) is -0.362. The van der Waals surface area contributed by atoms with Crippen molar-refractivity contribution in [2.45, 2.75) is 24.0 Å². The van der Waals surface area contributed by atoms with E-state index in [-0.39, 0.29) is 40.0 Å². The monoisotopic (exact) mass is 507 g/mol. The largest absolute Gasteiger partial charge is 1.00 e. The van der Waals surface area contributed by atoms with Crippen LogP contribution in [0.3, 0.4) is 0 Å². The number of benzene rings is 2. The second-order valence-electron chi connectivity index (χ2n) is 7.43. The Morgan fingerprint density at radius 2 is 1.74 bits per heavy atom. The maximum Gasteiger partial charge on any atom is 1.00 e. The molecule has 3 aromatic rings. The summed E-state index contributed by atoms with van der Waals surface area (Å²) in [5, 5.41) is 11.5. The fourth-order valence-electron chi connectivity index (χ4n) is 3.26. The van der Waals surface area contributed by atoms with Gasteiger partial charge in [-0.1, -0.05) is 48.0 Å². The molecule has 0 aliphatic rings. The Bertz CT molecular complexity index is 1190. The molecule has 0 saturated carbocycles. The van der Waals surface area contributed by atoms with Crippen LogP contribution in [0.2, 0.25) is 5.02 Å². The molecule has 1 unspecified atom stereocenters. The first-order valence-electron chi connectivity index (χ1n) is 10.1. The van der Waals surface area contributed by atoms with Crippen molar-refractivity contribution in [3.05, 3.63) is 107 Å². The third kappa shape index (κ3) is 8.32. The zero-order valence-electron chi connectivity index (χ0n) is 18.7. The number of pyridine rings is 1. The number of sulfonamides is 1. The van der Waals surface area contributed by atoms with Gasteiger partial charge in [0, 0.05) is 37.1 Å². The molecule has 0 aliphatic carbocycles. The van der Waals surface area contributed by atoms with E-state index in [1.54, 1.807) is 30.6 Å². The van der Waals surface area contributed by atoms with Crippen molar-refractivity contribution >= 4 is 27.6 Å². The molecule has 1 heterocycles. The van der Waals surface area contributed by atoms with Gasteiger partial charge in [-0.05, 0) is 47.0 Å². The Morgan fingerprint density at radius 3 is 2.29 bits per heavy atom. The van der Waals surface area contributed by atoms with Gasteiger partial charge in [-0.15, -0.1) is 6.58 Å². The summed E-state index contributed by atoms with van der Waals surface area (Å²) >= 11 is 5.87. The van der Waals surface area contributed by atoms with Gasteiger partial charge in [0.2, 0.25) is 10.0 Å². The van der Waals surface area contributed by atoms with Crippen LogP contribution in [-0.2, 0) is 23.1 Å². The number of carboxylic acid groups (broad SMARTS) is 1. The molecular formula is C24H23ClN3NaO4S. The van der Waals surface area contributed by atoms with Crippen molar-refractivity contribution in [3.63, 3.8) is 0 Å². The minimum Gasteiger partial charge on any atom is -0.545 e. The number of aromatic carboxylic acids is 1. The molecule has 0 spiro atoms. The quantitative estimate of drug-likeness (QED) is 0.281. The van der Waals surface area contributed by atoms with E-state index in [4.69, 9.17) is 11.6 Å². The number of nitrogens with one attached hydrogen (secondary N) is 1. The van der Waals surface area contributed by atoms with Crippen molar-refractivity contribution in [1.29, 1.82) is 0 Å². The summed E-state index contributed by atoms with van der Waals surface area (Å²) in [7, 11) is -3.79. The second kappa shape index (κ2) is 13.2. The molecule has 0 bridgehead atoms. The van der Waals surface area contributed by atoms with Gasteiger partial charge >= 0.3 is 29.6 Å². The van der Waals surface area contributed by atoms with Crippen LogP contribution in [0.25, 0.3) is 0 Å². The molecule has 0 amide bonds. The van der Waals surface area contributed by atoms with Gasteiger partial charge < -0.3 is 9.90 Å². The van der Waals surface area contributed by atoms with Crippen LogP contribution in [0.15, 0.2) is 90.6 Å². The minimum atomic E-state index is -3.79. The van der Waals surface area contributed by atoms with E-state index in [1.807, 2.05) is 17.0 Å². The SMILES string of the molecule is C=CC(CN(Cc1ccc(C(=O)[O-])cc1)Cc1cccnc1)NS(=O)(=O)c1ccc(Cl)cc1.[Na+]. The number of nitrogens with zero attached hydrogens (tertiary/aromatic N) is 2. The molecule has 1 N–H and O–H groups in total. The van der Waals surface area contributed by atoms with Gasteiger partial charge in [-0.2, -0.15) is 0 Å². The van der Waals surface area contributed by atoms with E-state index in [0.29, 0.717) is 24.7 Å². The van der Waals surface area contributed by atoms with Crippen molar-refractivity contribution in [2.24, 2.45) is 0 Å². The summed E-state index contributed by atoms with van der Waals surface area (Å²) in [4.78, 5) is 17.3. The first-order chi connectivity index (χ1) is 15.8. The number of halogens is 1. The number of carbonyl (C=O) groups excluding carboxylic acids is 1. The van der Waals surface area contributed by atoms with Crippen LogP contribution in [0.4, 0.5) is 0 Å². The smallest absolute Gasteiger partial charge is 0.545 e. The molecule has 34 heavy (non-hydrogen) atoms. The van der Waals surface area contributed by atoms with Gasteiger partial charge in [0.15, 0.2) is 0 Å². The summed E-state index contributed by atoms with van der Waals surface area (Å²) < 4.78 is 28.3. The van der Waals surface area contributed by atoms with Crippen LogP contribution in [0, 0.1) is 0 Å². The van der Waals surface area contributed by atoms with Gasteiger partial charge in [-0.3, -0.25) is 9.88 Å². The summed E-state index contributed by atoms with van der Waals surface area (Å²) in [5.41, 5.74) is 1.91. The van der Waals surface area contributed by atoms with Crippen LogP contribution < -0.4 is 39.4 Å². The van der Waals surface area contributed by atoms with Crippen LogP contribution in [0.5, 0.6) is 0 Å². The zero-order valence-corrected chi connectivity index (χ0v) is 22.3. The summed E-state index contributed by atoms with van der Waals surface area (Å²) in [6, 6.07) is 15.5. The minimum absolute atomic E-state index is 0. The zero-order chi connectivity index (χ0) is 23.8. The Kier molecular flexibility index (Phi) is 10.9. The molecule has 7 nitrogen and oxygen atoms in total. The van der Waals surface area contributed by atoms with Gasteiger partial charge in [0.1, 0.15) is 0 Å². The number of rotatable bonds is 11. The molecule has 0 saturated heterocycles. The molecule has 10 heteroatoms. The van der Waals surface area contributed by atoms with Crippen LogP contribution in [0.1, 0.15) is 21.5 Å². The molecule has 1 atom stereocenters. The molecular weight excluding hydrogens is 485 g/mol. The Morgan fingerprint density at radius 1 is 1.09 bits per heavy atom. The van der Waals surface area contributed by atoms with Gasteiger partial charge in [0.25, 0.3) is 0 Å². The molecule has 2 aromatic carbocycles. The van der Waals surface area contributed by atoms with E-state index in [1.165, 1.54) is 36.4 Å². The fraction of sp³-hybridized carbons (Fsp3) is 0.167. The molecule has 1 aromatic heterocycles. The molecule has 0 fully saturated rings. The van der Waals surface area contributed by atoms with Crippen LogP contribution >= 0.6 is 11.6 Å². The number of carboxylic acids is 1. The maximum absolute atomic E-state index is 12.8. The number of carbonyl (C=O) groups is 1. The summed E-state index contributed by atoms with van der Waals surface area (Å²) in [6.07, 6.45) is 4.97. The average Bonchev–Trinajstić information content (AvgIpc) is 2.79. The Balaban J connectivity index is 0.00000408. The number of aromatic nitrogens is 1.